The van der Waals surface area contributed by atoms with Crippen LogP contribution in [0, 0.1) is 0 Å². The summed E-state index contributed by atoms with van der Waals surface area (Å²) in [5, 5.41) is 5.67. The van der Waals surface area contributed by atoms with E-state index in [9.17, 15) is 4.79 Å². The lowest BCUT2D eigenvalue weighted by Gasteiger charge is -2.00. The molecule has 0 fully saturated rings. The zero-order valence-corrected chi connectivity index (χ0v) is 10.2. The Bertz CT molecular complexity index is 788. The summed E-state index contributed by atoms with van der Waals surface area (Å²) in [6.07, 6.45) is 5.25. The molecule has 0 amide bonds. The minimum Gasteiger partial charge on any atom is -0.267 e. The van der Waals surface area contributed by atoms with E-state index in [0.29, 0.717) is 5.39 Å². The number of rotatable bonds is 2. The molecule has 0 saturated carbocycles. The molecule has 0 spiro atoms. The lowest BCUT2D eigenvalue weighted by Crippen LogP contribution is -2.17. The van der Waals surface area contributed by atoms with E-state index in [1.807, 2.05) is 60.7 Å². The SMILES string of the molecule is O=c1c2ccccc2cnn1/C=C\c1ccccc1. The van der Waals surface area contributed by atoms with Crippen LogP contribution in [-0.2, 0) is 0 Å². The van der Waals surface area contributed by atoms with Gasteiger partial charge in [0.1, 0.15) is 0 Å². The van der Waals surface area contributed by atoms with Gasteiger partial charge in [-0.25, -0.2) is 4.68 Å². The number of hydrogen-bond acceptors (Lipinski definition) is 2. The smallest absolute Gasteiger partial charge is 0.267 e. The number of hydrogen-bond donors (Lipinski definition) is 0. The molecule has 19 heavy (non-hydrogen) atoms. The van der Waals surface area contributed by atoms with Gasteiger partial charge in [-0.1, -0.05) is 48.5 Å². The molecule has 3 nitrogen and oxygen atoms in total. The van der Waals surface area contributed by atoms with Crippen LogP contribution in [0.25, 0.3) is 23.0 Å². The first-order valence-electron chi connectivity index (χ1n) is 6.04. The number of fused-ring (bicyclic) bond motifs is 1. The van der Waals surface area contributed by atoms with Crippen LogP contribution in [-0.4, -0.2) is 9.78 Å². The molecule has 1 aromatic heterocycles. The third-order valence-corrected chi connectivity index (χ3v) is 2.93. The molecule has 3 heteroatoms. The summed E-state index contributed by atoms with van der Waals surface area (Å²) >= 11 is 0. The Labute approximate surface area is 110 Å². The second-order valence-electron chi connectivity index (χ2n) is 4.21. The van der Waals surface area contributed by atoms with Crippen molar-refractivity contribution in [1.82, 2.24) is 9.78 Å². The number of benzene rings is 2. The largest absolute Gasteiger partial charge is 0.278 e. The van der Waals surface area contributed by atoms with Gasteiger partial charge in [-0.15, -0.1) is 0 Å². The minimum atomic E-state index is -0.106. The molecular weight excluding hydrogens is 236 g/mol. The van der Waals surface area contributed by atoms with Gasteiger partial charge in [-0.2, -0.15) is 5.10 Å². The van der Waals surface area contributed by atoms with Gasteiger partial charge in [0, 0.05) is 11.6 Å². The Morgan fingerprint density at radius 3 is 2.53 bits per heavy atom. The van der Waals surface area contributed by atoms with Gasteiger partial charge in [0.05, 0.1) is 11.6 Å². The Morgan fingerprint density at radius 1 is 0.947 bits per heavy atom. The third kappa shape index (κ3) is 2.31. The van der Waals surface area contributed by atoms with Gasteiger partial charge in [0.15, 0.2) is 0 Å². The lowest BCUT2D eigenvalue weighted by molar-refractivity contribution is 0.871. The zero-order valence-electron chi connectivity index (χ0n) is 10.2. The molecule has 0 aliphatic carbocycles. The Balaban J connectivity index is 2.05. The van der Waals surface area contributed by atoms with E-state index < -0.39 is 0 Å². The fraction of sp³-hybridized carbons (Fsp3) is 0. The predicted molar refractivity (Wildman–Crippen MR) is 77.7 cm³/mol. The average molecular weight is 248 g/mol. The molecular formula is C16H12N2O. The fourth-order valence-corrected chi connectivity index (χ4v) is 1.93. The van der Waals surface area contributed by atoms with Gasteiger partial charge < -0.3 is 0 Å². The van der Waals surface area contributed by atoms with Crippen molar-refractivity contribution < 1.29 is 0 Å². The van der Waals surface area contributed by atoms with E-state index in [2.05, 4.69) is 5.10 Å². The van der Waals surface area contributed by atoms with E-state index in [4.69, 9.17) is 0 Å². The van der Waals surface area contributed by atoms with Gasteiger partial charge in [-0.05, 0) is 17.7 Å². The fourth-order valence-electron chi connectivity index (χ4n) is 1.93. The van der Waals surface area contributed by atoms with Crippen LogP contribution in [0.15, 0.2) is 65.6 Å². The summed E-state index contributed by atoms with van der Waals surface area (Å²) in [7, 11) is 0. The molecule has 0 radical (unpaired) electrons. The van der Waals surface area contributed by atoms with Crippen LogP contribution >= 0.6 is 0 Å². The number of nitrogens with zero attached hydrogens (tertiary/aromatic N) is 2. The summed E-state index contributed by atoms with van der Waals surface area (Å²) < 4.78 is 1.36. The zero-order chi connectivity index (χ0) is 13.1. The highest BCUT2D eigenvalue weighted by Crippen LogP contribution is 2.07. The van der Waals surface area contributed by atoms with Gasteiger partial charge in [-0.3, -0.25) is 4.79 Å². The standard InChI is InChI=1S/C16H12N2O/c19-16-15-9-5-4-8-14(15)12-17-18(16)11-10-13-6-2-1-3-7-13/h1-12H/b11-10-. The minimum absolute atomic E-state index is 0.106. The first kappa shape index (κ1) is 11.4. The van der Waals surface area contributed by atoms with Crippen molar-refractivity contribution in [3.8, 4) is 0 Å². The normalized spacial score (nSPS) is 11.2. The number of aromatic nitrogens is 2. The van der Waals surface area contributed by atoms with Crippen molar-refractivity contribution in [2.75, 3.05) is 0 Å². The van der Waals surface area contributed by atoms with Crippen LogP contribution in [0.5, 0.6) is 0 Å². The lowest BCUT2D eigenvalue weighted by atomic mass is 10.2. The van der Waals surface area contributed by atoms with Gasteiger partial charge in [0.25, 0.3) is 5.56 Å². The second kappa shape index (κ2) is 4.90. The van der Waals surface area contributed by atoms with Crippen molar-refractivity contribution in [2.45, 2.75) is 0 Å². The highest BCUT2D eigenvalue weighted by atomic mass is 16.1. The van der Waals surface area contributed by atoms with Crippen LogP contribution in [0.2, 0.25) is 0 Å². The highest BCUT2D eigenvalue weighted by Gasteiger charge is 2.00. The molecule has 0 aliphatic heterocycles. The molecule has 0 unspecified atom stereocenters. The van der Waals surface area contributed by atoms with Crippen molar-refractivity contribution in [1.29, 1.82) is 0 Å². The van der Waals surface area contributed by atoms with E-state index >= 15 is 0 Å². The molecule has 0 atom stereocenters. The predicted octanol–water partition coefficient (Wildman–Crippen LogP) is 3.02. The topological polar surface area (TPSA) is 34.9 Å². The van der Waals surface area contributed by atoms with Crippen LogP contribution in [0.3, 0.4) is 0 Å². The Morgan fingerprint density at radius 2 is 1.68 bits per heavy atom. The van der Waals surface area contributed by atoms with Crippen LogP contribution in [0.4, 0.5) is 0 Å². The molecule has 0 N–H and O–H groups in total. The summed E-state index contributed by atoms with van der Waals surface area (Å²) in [6, 6.07) is 17.3. The average Bonchev–Trinajstić information content (AvgIpc) is 2.48. The summed E-state index contributed by atoms with van der Waals surface area (Å²) in [6.45, 7) is 0. The Hall–Kier alpha value is -2.68. The van der Waals surface area contributed by atoms with E-state index in [1.165, 1.54) is 4.68 Å². The maximum absolute atomic E-state index is 12.2. The van der Waals surface area contributed by atoms with Crippen molar-refractivity contribution in [2.24, 2.45) is 0 Å². The molecule has 92 valence electrons. The molecule has 2 aromatic carbocycles. The molecule has 1 heterocycles. The first-order chi connectivity index (χ1) is 9.34. The second-order valence-corrected chi connectivity index (χ2v) is 4.21. The van der Waals surface area contributed by atoms with Crippen molar-refractivity contribution in [3.05, 3.63) is 76.7 Å². The molecule has 0 bridgehead atoms. The maximum Gasteiger partial charge on any atom is 0.278 e. The monoisotopic (exact) mass is 248 g/mol. The third-order valence-electron chi connectivity index (χ3n) is 2.93. The molecule has 0 aliphatic rings. The highest BCUT2D eigenvalue weighted by molar-refractivity contribution is 5.80. The van der Waals surface area contributed by atoms with Gasteiger partial charge in [0.2, 0.25) is 0 Å². The first-order valence-corrected chi connectivity index (χ1v) is 6.04. The van der Waals surface area contributed by atoms with Crippen molar-refractivity contribution in [3.63, 3.8) is 0 Å². The Kier molecular flexibility index (Phi) is 2.94. The van der Waals surface area contributed by atoms with Crippen LogP contribution < -0.4 is 5.56 Å². The molecule has 3 rings (SSSR count). The molecule has 0 saturated heterocycles. The van der Waals surface area contributed by atoms with Crippen molar-refractivity contribution >= 4 is 23.0 Å². The maximum atomic E-state index is 12.2. The van der Waals surface area contributed by atoms with E-state index in [1.54, 1.807) is 12.4 Å². The quantitative estimate of drug-likeness (QED) is 0.698. The van der Waals surface area contributed by atoms with Gasteiger partial charge >= 0.3 is 0 Å². The van der Waals surface area contributed by atoms with Crippen LogP contribution in [0.1, 0.15) is 5.56 Å². The summed E-state index contributed by atoms with van der Waals surface area (Å²) in [5.41, 5.74) is 0.926. The van der Waals surface area contributed by atoms with E-state index in [-0.39, 0.29) is 5.56 Å². The summed E-state index contributed by atoms with van der Waals surface area (Å²) in [4.78, 5) is 12.2. The summed E-state index contributed by atoms with van der Waals surface area (Å²) in [5.74, 6) is 0. The molecule has 3 aromatic rings. The van der Waals surface area contributed by atoms with E-state index in [0.717, 1.165) is 10.9 Å².